The number of aromatic nitrogens is 2. The van der Waals surface area contributed by atoms with Gasteiger partial charge in [0.25, 0.3) is 5.56 Å². The van der Waals surface area contributed by atoms with Gasteiger partial charge in [-0.15, -0.1) is 16.3 Å². The third-order valence-electron chi connectivity index (χ3n) is 1.97. The van der Waals surface area contributed by atoms with E-state index in [9.17, 15) is 14.0 Å². The molecule has 1 aromatic rings. The summed E-state index contributed by atoms with van der Waals surface area (Å²) in [5, 5.41) is 0. The van der Waals surface area contributed by atoms with Crippen molar-refractivity contribution in [3.63, 3.8) is 0 Å². The van der Waals surface area contributed by atoms with Crippen LogP contribution in [-0.2, 0) is 0 Å². The summed E-state index contributed by atoms with van der Waals surface area (Å²) in [6.45, 7) is 1.53. The molecule has 0 aromatic carbocycles. The molecule has 0 aliphatic heterocycles. The summed E-state index contributed by atoms with van der Waals surface area (Å²) < 4.78 is 13.9. The quantitative estimate of drug-likeness (QED) is 0.609. The number of hydrogen-bond donors (Lipinski definition) is 1. The minimum Gasteiger partial charge on any atom is -0.409 e. The molecule has 0 saturated heterocycles. The van der Waals surface area contributed by atoms with Crippen LogP contribution in [-0.4, -0.2) is 22.2 Å². The van der Waals surface area contributed by atoms with Gasteiger partial charge in [0.15, 0.2) is 0 Å². The molecule has 16 heavy (non-hydrogen) atoms. The highest BCUT2D eigenvalue weighted by molar-refractivity contribution is 6.17. The zero-order chi connectivity index (χ0) is 12.1. The van der Waals surface area contributed by atoms with E-state index in [4.69, 9.17) is 16.4 Å². The molecule has 0 fully saturated rings. The number of aromatic amines is 1. The number of nitrogens with one attached hydrogen (secondary N) is 1. The second kappa shape index (κ2) is 5.69. The number of hydrogen-bond acceptors (Lipinski definition) is 3. The highest BCUT2D eigenvalue weighted by atomic mass is 35.5. The highest BCUT2D eigenvalue weighted by Crippen LogP contribution is 1.96. The maximum absolute atomic E-state index is 13.1. The first-order valence-electron chi connectivity index (χ1n) is 4.78. The van der Waals surface area contributed by atoms with Crippen molar-refractivity contribution in [2.75, 3.05) is 12.5 Å². The van der Waals surface area contributed by atoms with E-state index in [0.29, 0.717) is 12.3 Å². The molecule has 1 N–H and O–H groups in total. The van der Waals surface area contributed by atoms with E-state index in [-0.39, 0.29) is 12.3 Å². The van der Waals surface area contributed by atoms with Crippen LogP contribution in [0.1, 0.15) is 18.5 Å². The van der Waals surface area contributed by atoms with Crippen LogP contribution in [0.25, 0.3) is 0 Å². The molecule has 0 bridgehead atoms. The van der Waals surface area contributed by atoms with Crippen LogP contribution < -0.4 is 16.1 Å². The van der Waals surface area contributed by atoms with Crippen molar-refractivity contribution < 1.29 is 9.23 Å². The van der Waals surface area contributed by atoms with Gasteiger partial charge in [-0.3, -0.25) is 9.78 Å². The fourth-order valence-corrected chi connectivity index (χ4v) is 1.31. The lowest BCUT2D eigenvalue weighted by atomic mass is 10.4. The lowest BCUT2D eigenvalue weighted by Gasteiger charge is -2.10. The number of nitrogens with zero attached hydrogens (tertiary/aromatic N) is 1. The number of H-pyrrole nitrogens is 1. The molecule has 1 heterocycles. The first-order valence-corrected chi connectivity index (χ1v) is 5.32. The predicted molar refractivity (Wildman–Crippen MR) is 57.4 cm³/mol. The van der Waals surface area contributed by atoms with Crippen LogP contribution in [0.4, 0.5) is 4.39 Å². The summed E-state index contributed by atoms with van der Waals surface area (Å²) >= 11 is 5.46. The molecule has 7 heteroatoms. The number of unbranched alkanes of at least 4 members (excludes halogenated alkanes) is 1. The van der Waals surface area contributed by atoms with Crippen molar-refractivity contribution >= 4 is 11.6 Å². The Hall–Kier alpha value is -1.30. The second-order valence-electron chi connectivity index (χ2n) is 3.18. The molecule has 5 nitrogen and oxygen atoms in total. The fraction of sp³-hybridized carbons (Fsp3) is 0.556. The number of alkyl halides is 1. The number of halogens is 2. The van der Waals surface area contributed by atoms with E-state index in [1.165, 1.54) is 6.92 Å². The average Bonchev–Trinajstić information content (AvgIpc) is 2.25. The Morgan fingerprint density at radius 3 is 2.75 bits per heavy atom. The summed E-state index contributed by atoms with van der Waals surface area (Å²) in [5.74, 6) is -0.519. The molecule has 0 saturated carbocycles. The summed E-state index contributed by atoms with van der Waals surface area (Å²) in [6.07, 6.45) is 1.39. The van der Waals surface area contributed by atoms with E-state index in [0.717, 1.165) is 11.2 Å². The van der Waals surface area contributed by atoms with Gasteiger partial charge in [0.1, 0.15) is 12.3 Å². The van der Waals surface area contributed by atoms with E-state index >= 15 is 0 Å². The Morgan fingerprint density at radius 1 is 1.44 bits per heavy atom. The van der Waals surface area contributed by atoms with Crippen LogP contribution in [0, 0.1) is 12.7 Å². The Kier molecular flexibility index (Phi) is 4.54. The minimum atomic E-state index is -1.04. The molecule has 1 rings (SSSR count). The zero-order valence-corrected chi connectivity index (χ0v) is 9.51. The topological polar surface area (TPSA) is 64.1 Å². The molecule has 0 unspecified atom stereocenters. The van der Waals surface area contributed by atoms with Gasteiger partial charge in [0.05, 0.1) is 0 Å². The summed E-state index contributed by atoms with van der Waals surface area (Å²) in [6, 6.07) is 0. The van der Waals surface area contributed by atoms with Gasteiger partial charge < -0.3 is 4.84 Å². The zero-order valence-electron chi connectivity index (χ0n) is 8.76. The molecule has 90 valence electrons. The summed E-state index contributed by atoms with van der Waals surface area (Å²) in [7, 11) is 0. The van der Waals surface area contributed by atoms with Crippen LogP contribution in [0.3, 0.4) is 0 Å². The lowest BCUT2D eigenvalue weighted by Crippen LogP contribution is -2.38. The van der Waals surface area contributed by atoms with Crippen LogP contribution in [0.5, 0.6) is 0 Å². The van der Waals surface area contributed by atoms with Gasteiger partial charge in [-0.05, 0) is 19.8 Å². The summed E-state index contributed by atoms with van der Waals surface area (Å²) in [4.78, 5) is 29.0. The third-order valence-corrected chi connectivity index (χ3v) is 2.24. The Labute approximate surface area is 95.8 Å². The van der Waals surface area contributed by atoms with E-state index in [2.05, 4.69) is 0 Å². The maximum atomic E-state index is 13.1. The molecule has 0 atom stereocenters. The maximum Gasteiger partial charge on any atom is 0.361 e. The van der Waals surface area contributed by atoms with Crippen LogP contribution in [0.15, 0.2) is 9.59 Å². The first-order chi connectivity index (χ1) is 7.57. The van der Waals surface area contributed by atoms with E-state index in [1.807, 2.05) is 4.98 Å². The largest absolute Gasteiger partial charge is 0.409 e. The molecular formula is C9H12ClFN2O3. The highest BCUT2D eigenvalue weighted by Gasteiger charge is 2.11. The lowest BCUT2D eigenvalue weighted by molar-refractivity contribution is 0.0880. The average molecular weight is 251 g/mol. The third kappa shape index (κ3) is 2.85. The molecule has 0 radical (unpaired) electrons. The second-order valence-corrected chi connectivity index (χ2v) is 3.56. The Bertz CT molecular complexity index is 469. The van der Waals surface area contributed by atoms with Gasteiger partial charge in [-0.25, -0.2) is 4.79 Å². The predicted octanol–water partition coefficient (Wildman–Crippen LogP) is 0.432. The molecular weight excluding hydrogens is 239 g/mol. The smallest absolute Gasteiger partial charge is 0.361 e. The van der Waals surface area contributed by atoms with E-state index < -0.39 is 17.1 Å². The van der Waals surface area contributed by atoms with Crippen LogP contribution >= 0.6 is 11.6 Å². The minimum absolute atomic E-state index is 0.139. The van der Waals surface area contributed by atoms with Gasteiger partial charge in [0.2, 0.25) is 5.82 Å². The monoisotopic (exact) mass is 250 g/mol. The molecule has 0 amide bonds. The Balaban J connectivity index is 2.84. The molecule has 0 aliphatic carbocycles. The van der Waals surface area contributed by atoms with E-state index in [1.54, 1.807) is 0 Å². The molecule has 0 spiro atoms. The fourth-order valence-electron chi connectivity index (χ4n) is 1.12. The van der Waals surface area contributed by atoms with Gasteiger partial charge in [-0.1, -0.05) is 0 Å². The molecule has 0 aliphatic rings. The van der Waals surface area contributed by atoms with Crippen molar-refractivity contribution in [1.29, 1.82) is 0 Å². The van der Waals surface area contributed by atoms with Crippen molar-refractivity contribution in [2.45, 2.75) is 19.8 Å². The van der Waals surface area contributed by atoms with Gasteiger partial charge in [-0.2, -0.15) is 4.39 Å². The van der Waals surface area contributed by atoms with Crippen molar-refractivity contribution in [1.82, 2.24) is 9.71 Å². The summed E-state index contributed by atoms with van der Waals surface area (Å²) in [5.41, 5.74) is -1.96. The standard InChI is InChI=1S/C9H12ClFN2O3/c1-6-7(11)8(14)12-9(15)13(6)16-5-3-2-4-10/h2-5H2,1H3,(H,12,14,15). The SMILES string of the molecule is Cc1c(F)c(=O)[nH]c(=O)n1OCCCCCl. The number of rotatable bonds is 5. The normalized spacial score (nSPS) is 10.4. The van der Waals surface area contributed by atoms with Gasteiger partial charge in [0, 0.05) is 5.88 Å². The van der Waals surface area contributed by atoms with Crippen molar-refractivity contribution in [2.24, 2.45) is 0 Å². The van der Waals surface area contributed by atoms with Gasteiger partial charge >= 0.3 is 5.69 Å². The molecule has 1 aromatic heterocycles. The van der Waals surface area contributed by atoms with Crippen molar-refractivity contribution in [3.05, 3.63) is 32.3 Å². The Morgan fingerprint density at radius 2 is 2.12 bits per heavy atom. The van der Waals surface area contributed by atoms with Crippen molar-refractivity contribution in [3.8, 4) is 0 Å². The van der Waals surface area contributed by atoms with Crippen LogP contribution in [0.2, 0.25) is 0 Å². The first kappa shape index (κ1) is 12.8.